The molecule has 1 aromatic carbocycles. The van der Waals surface area contributed by atoms with Crippen LogP contribution in [-0.4, -0.2) is 6.54 Å². The Kier molecular flexibility index (Phi) is 6.47. The normalized spacial score (nSPS) is 12.8. The van der Waals surface area contributed by atoms with Gasteiger partial charge in [0.1, 0.15) is 0 Å². The van der Waals surface area contributed by atoms with Gasteiger partial charge in [-0.05, 0) is 47.9 Å². The van der Waals surface area contributed by atoms with E-state index in [1.807, 2.05) is 11.3 Å². The lowest BCUT2D eigenvalue weighted by atomic mass is 9.96. The Hall–Kier alpha value is -1.12. The summed E-state index contributed by atoms with van der Waals surface area (Å²) in [5, 5.41) is 5.88. The van der Waals surface area contributed by atoms with Gasteiger partial charge in [0.2, 0.25) is 0 Å². The Bertz CT molecular complexity index is 516. The van der Waals surface area contributed by atoms with Crippen LogP contribution in [0.5, 0.6) is 0 Å². The number of thiophene rings is 1. The van der Waals surface area contributed by atoms with Crippen LogP contribution in [-0.2, 0) is 12.8 Å². The van der Waals surface area contributed by atoms with Crippen molar-refractivity contribution in [2.45, 2.75) is 46.1 Å². The lowest BCUT2D eigenvalue weighted by Gasteiger charge is -2.19. The summed E-state index contributed by atoms with van der Waals surface area (Å²) in [6, 6.07) is 13.9. The molecule has 0 saturated carbocycles. The molecule has 0 aliphatic heterocycles. The Labute approximate surface area is 133 Å². The summed E-state index contributed by atoms with van der Waals surface area (Å²) < 4.78 is 0. The van der Waals surface area contributed by atoms with Crippen LogP contribution in [0.1, 0.15) is 49.2 Å². The molecule has 2 aromatic rings. The molecule has 1 heterocycles. The highest BCUT2D eigenvalue weighted by Gasteiger charge is 2.13. The first-order valence-corrected chi connectivity index (χ1v) is 8.91. The van der Waals surface area contributed by atoms with E-state index < -0.39 is 0 Å². The molecule has 21 heavy (non-hydrogen) atoms. The molecule has 2 rings (SSSR count). The third-order valence-electron chi connectivity index (χ3n) is 3.62. The highest BCUT2D eigenvalue weighted by Crippen LogP contribution is 2.23. The average Bonchev–Trinajstić information content (AvgIpc) is 2.96. The Morgan fingerprint density at radius 2 is 1.95 bits per heavy atom. The minimum absolute atomic E-state index is 0.427. The lowest BCUT2D eigenvalue weighted by molar-refractivity contribution is 0.531. The number of hydrogen-bond donors (Lipinski definition) is 1. The lowest BCUT2D eigenvalue weighted by Crippen LogP contribution is -2.24. The zero-order chi connectivity index (χ0) is 15.1. The summed E-state index contributed by atoms with van der Waals surface area (Å²) in [5.41, 5.74) is 2.88. The van der Waals surface area contributed by atoms with E-state index in [-0.39, 0.29) is 0 Å². The van der Waals surface area contributed by atoms with Crippen molar-refractivity contribution in [3.8, 4) is 0 Å². The highest BCUT2D eigenvalue weighted by molar-refractivity contribution is 7.09. The van der Waals surface area contributed by atoms with Crippen LogP contribution in [0.3, 0.4) is 0 Å². The van der Waals surface area contributed by atoms with E-state index in [0.717, 1.165) is 19.4 Å². The Morgan fingerprint density at radius 3 is 2.62 bits per heavy atom. The van der Waals surface area contributed by atoms with Crippen molar-refractivity contribution in [1.29, 1.82) is 0 Å². The second-order valence-electron chi connectivity index (χ2n) is 6.13. The molecule has 1 unspecified atom stereocenters. The van der Waals surface area contributed by atoms with Gasteiger partial charge in [0.05, 0.1) is 0 Å². The van der Waals surface area contributed by atoms with Crippen LogP contribution in [0.25, 0.3) is 0 Å². The van der Waals surface area contributed by atoms with Gasteiger partial charge in [0.15, 0.2) is 0 Å². The summed E-state index contributed by atoms with van der Waals surface area (Å²) >= 11 is 1.85. The zero-order valence-electron chi connectivity index (χ0n) is 13.4. The molecule has 0 bridgehead atoms. The SMILES string of the molecule is CCCNC(Cc1cccs1)c1cccc(CC(C)C)c1. The Morgan fingerprint density at radius 1 is 1.10 bits per heavy atom. The van der Waals surface area contributed by atoms with Crippen LogP contribution in [0.4, 0.5) is 0 Å². The third-order valence-corrected chi connectivity index (χ3v) is 4.52. The standard InChI is InChI=1S/C19H27NS/c1-4-10-20-19(14-18-9-6-11-21-18)17-8-5-7-16(13-17)12-15(2)3/h5-9,11,13,15,19-20H,4,10,12,14H2,1-3H3. The van der Waals surface area contributed by atoms with Gasteiger partial charge in [0.25, 0.3) is 0 Å². The van der Waals surface area contributed by atoms with Crippen molar-refractivity contribution in [2.24, 2.45) is 5.92 Å². The zero-order valence-corrected chi connectivity index (χ0v) is 14.2. The van der Waals surface area contributed by atoms with Gasteiger partial charge in [-0.2, -0.15) is 0 Å². The second-order valence-corrected chi connectivity index (χ2v) is 7.17. The van der Waals surface area contributed by atoms with Gasteiger partial charge in [-0.1, -0.05) is 51.1 Å². The van der Waals surface area contributed by atoms with E-state index in [1.165, 1.54) is 22.4 Å². The maximum Gasteiger partial charge on any atom is 0.0368 e. The quantitative estimate of drug-likeness (QED) is 0.704. The fourth-order valence-electron chi connectivity index (χ4n) is 2.66. The maximum atomic E-state index is 3.71. The van der Waals surface area contributed by atoms with Crippen molar-refractivity contribution >= 4 is 11.3 Å². The second kappa shape index (κ2) is 8.35. The maximum absolute atomic E-state index is 3.71. The minimum Gasteiger partial charge on any atom is -0.310 e. The molecule has 2 heteroatoms. The molecule has 0 radical (unpaired) electrons. The van der Waals surface area contributed by atoms with E-state index >= 15 is 0 Å². The molecule has 0 amide bonds. The molecular formula is C19H27NS. The monoisotopic (exact) mass is 301 g/mol. The van der Waals surface area contributed by atoms with Gasteiger partial charge < -0.3 is 5.32 Å². The molecule has 1 aromatic heterocycles. The molecule has 1 atom stereocenters. The first-order chi connectivity index (χ1) is 10.2. The first kappa shape index (κ1) is 16.3. The molecular weight excluding hydrogens is 274 g/mol. The molecule has 0 saturated heterocycles. The van der Waals surface area contributed by atoms with Crippen LogP contribution in [0.15, 0.2) is 41.8 Å². The fraction of sp³-hybridized carbons (Fsp3) is 0.474. The van der Waals surface area contributed by atoms with Crippen LogP contribution < -0.4 is 5.32 Å². The summed E-state index contributed by atoms with van der Waals surface area (Å²) in [6.45, 7) is 7.87. The van der Waals surface area contributed by atoms with Crippen molar-refractivity contribution in [1.82, 2.24) is 5.32 Å². The summed E-state index contributed by atoms with van der Waals surface area (Å²) in [5.74, 6) is 0.708. The smallest absolute Gasteiger partial charge is 0.0368 e. The molecule has 0 aliphatic carbocycles. The van der Waals surface area contributed by atoms with E-state index in [4.69, 9.17) is 0 Å². The summed E-state index contributed by atoms with van der Waals surface area (Å²) in [4.78, 5) is 1.46. The molecule has 1 nitrogen and oxygen atoms in total. The fourth-order valence-corrected chi connectivity index (χ4v) is 3.42. The van der Waals surface area contributed by atoms with E-state index in [2.05, 4.69) is 67.9 Å². The van der Waals surface area contributed by atoms with E-state index in [0.29, 0.717) is 12.0 Å². The van der Waals surface area contributed by atoms with Crippen molar-refractivity contribution in [3.63, 3.8) is 0 Å². The van der Waals surface area contributed by atoms with Gasteiger partial charge in [-0.15, -0.1) is 11.3 Å². The van der Waals surface area contributed by atoms with Crippen molar-refractivity contribution in [3.05, 3.63) is 57.8 Å². The number of nitrogens with one attached hydrogen (secondary N) is 1. The molecule has 0 spiro atoms. The molecule has 1 N–H and O–H groups in total. The summed E-state index contributed by atoms with van der Waals surface area (Å²) in [6.07, 6.45) is 3.42. The van der Waals surface area contributed by atoms with Crippen LogP contribution >= 0.6 is 11.3 Å². The van der Waals surface area contributed by atoms with Gasteiger partial charge in [0, 0.05) is 17.3 Å². The number of hydrogen-bond acceptors (Lipinski definition) is 2. The van der Waals surface area contributed by atoms with E-state index in [9.17, 15) is 0 Å². The molecule has 0 aliphatic rings. The number of benzene rings is 1. The topological polar surface area (TPSA) is 12.0 Å². The van der Waals surface area contributed by atoms with Crippen LogP contribution in [0, 0.1) is 5.92 Å². The first-order valence-electron chi connectivity index (χ1n) is 8.03. The molecule has 0 fully saturated rings. The highest BCUT2D eigenvalue weighted by atomic mass is 32.1. The van der Waals surface area contributed by atoms with Crippen LogP contribution in [0.2, 0.25) is 0 Å². The largest absolute Gasteiger partial charge is 0.310 e. The third kappa shape index (κ3) is 5.29. The number of rotatable bonds is 8. The predicted octanol–water partition coefficient (Wildman–Crippen LogP) is 5.23. The van der Waals surface area contributed by atoms with Gasteiger partial charge >= 0.3 is 0 Å². The van der Waals surface area contributed by atoms with E-state index in [1.54, 1.807) is 0 Å². The van der Waals surface area contributed by atoms with Gasteiger partial charge in [-0.25, -0.2) is 0 Å². The molecule has 114 valence electrons. The van der Waals surface area contributed by atoms with Crippen molar-refractivity contribution in [2.75, 3.05) is 6.54 Å². The van der Waals surface area contributed by atoms with Crippen molar-refractivity contribution < 1.29 is 0 Å². The average molecular weight is 301 g/mol. The van der Waals surface area contributed by atoms with Gasteiger partial charge in [-0.3, -0.25) is 0 Å². The Balaban J connectivity index is 2.14. The predicted molar refractivity (Wildman–Crippen MR) is 94.0 cm³/mol. The minimum atomic E-state index is 0.427. The summed E-state index contributed by atoms with van der Waals surface area (Å²) in [7, 11) is 0.